The molecular formula is C26H38N4O7. The van der Waals surface area contributed by atoms with Gasteiger partial charge < -0.3 is 30.9 Å². The maximum absolute atomic E-state index is 13.1. The third-order valence-corrected chi connectivity index (χ3v) is 6.52. The molecule has 204 valence electrons. The van der Waals surface area contributed by atoms with Gasteiger partial charge in [-0.25, -0.2) is 0 Å². The molecule has 0 spiro atoms. The Kier molecular flexibility index (Phi) is 10.4. The van der Waals surface area contributed by atoms with E-state index in [-0.39, 0.29) is 36.2 Å². The monoisotopic (exact) mass is 518 g/mol. The fourth-order valence-electron chi connectivity index (χ4n) is 4.34. The topological polar surface area (TPSA) is 164 Å². The molecule has 2 aliphatic heterocycles. The van der Waals surface area contributed by atoms with Gasteiger partial charge in [-0.15, -0.1) is 0 Å². The molecule has 1 aromatic rings. The van der Waals surface area contributed by atoms with Crippen molar-refractivity contribution in [2.45, 2.75) is 51.4 Å². The number of hydrogen-bond acceptors (Lipinski definition) is 8. The number of aromatic hydroxyl groups is 1. The Morgan fingerprint density at radius 1 is 1.08 bits per heavy atom. The zero-order chi connectivity index (χ0) is 26.9. The summed E-state index contributed by atoms with van der Waals surface area (Å²) in [7, 11) is 0. The third kappa shape index (κ3) is 9.10. The molecule has 0 radical (unpaired) electrons. The standard InChI is InChI=1S/C26H38N4O7/c1-16(2)13-20(21(32)15-18(24(27)33)14-17-3-5-19(31)6-4-17)29-26(35)23-22(37-23)25(34)28-7-8-30-9-11-36-12-10-30/h3-6,16,18,20,22-23,31H,7-15H2,1-2H3,(H2,27,33)(H,28,34)(H,29,35)/t18?,20-,22?,23?/m0/s1. The van der Waals surface area contributed by atoms with Gasteiger partial charge >= 0.3 is 0 Å². The molecule has 2 fully saturated rings. The highest BCUT2D eigenvalue weighted by Gasteiger charge is 2.50. The fourth-order valence-corrected chi connectivity index (χ4v) is 4.34. The van der Waals surface area contributed by atoms with Crippen LogP contribution in [0.2, 0.25) is 0 Å². The number of benzene rings is 1. The average molecular weight is 519 g/mol. The first-order chi connectivity index (χ1) is 17.6. The van der Waals surface area contributed by atoms with E-state index >= 15 is 0 Å². The lowest BCUT2D eigenvalue weighted by atomic mass is 9.89. The number of nitrogens with two attached hydrogens (primary N) is 1. The first kappa shape index (κ1) is 28.5. The summed E-state index contributed by atoms with van der Waals surface area (Å²) in [6.45, 7) is 7.96. The van der Waals surface area contributed by atoms with Gasteiger partial charge in [0, 0.05) is 38.5 Å². The number of epoxide rings is 1. The second-order valence-electron chi connectivity index (χ2n) is 10.1. The third-order valence-electron chi connectivity index (χ3n) is 6.52. The maximum Gasteiger partial charge on any atom is 0.253 e. The van der Waals surface area contributed by atoms with E-state index in [0.717, 1.165) is 18.7 Å². The molecule has 5 N–H and O–H groups in total. The number of primary amides is 1. The number of morpholine rings is 1. The SMILES string of the molecule is CC(C)C[C@H](NC(=O)C1OC1C(=O)NCCN1CCOCC1)C(=O)CC(Cc1ccc(O)cc1)C(N)=O. The smallest absolute Gasteiger partial charge is 0.253 e. The molecule has 2 aliphatic rings. The van der Waals surface area contributed by atoms with Crippen molar-refractivity contribution in [2.75, 3.05) is 39.4 Å². The van der Waals surface area contributed by atoms with E-state index in [2.05, 4.69) is 15.5 Å². The van der Waals surface area contributed by atoms with E-state index in [9.17, 15) is 24.3 Å². The van der Waals surface area contributed by atoms with Gasteiger partial charge in [-0.1, -0.05) is 26.0 Å². The Bertz CT molecular complexity index is 947. The molecule has 0 aliphatic carbocycles. The van der Waals surface area contributed by atoms with Crippen molar-refractivity contribution in [1.82, 2.24) is 15.5 Å². The molecule has 3 unspecified atom stereocenters. The maximum atomic E-state index is 13.1. The lowest BCUT2D eigenvalue weighted by Crippen LogP contribution is -2.46. The summed E-state index contributed by atoms with van der Waals surface area (Å²) in [5.41, 5.74) is 6.32. The summed E-state index contributed by atoms with van der Waals surface area (Å²) in [5, 5.41) is 15.0. The van der Waals surface area contributed by atoms with E-state index in [1.165, 1.54) is 12.1 Å². The van der Waals surface area contributed by atoms with Gasteiger partial charge in [-0.05, 0) is 36.5 Å². The van der Waals surface area contributed by atoms with E-state index in [1.54, 1.807) is 12.1 Å². The van der Waals surface area contributed by atoms with Gasteiger partial charge in [0.2, 0.25) is 5.91 Å². The van der Waals surface area contributed by atoms with Crippen LogP contribution in [0.4, 0.5) is 0 Å². The molecule has 0 saturated carbocycles. The van der Waals surface area contributed by atoms with E-state index in [0.29, 0.717) is 32.7 Å². The number of Topliss-reactive ketones (excluding diaryl/α,β-unsaturated/α-hetero) is 1. The van der Waals surface area contributed by atoms with Crippen LogP contribution in [0, 0.1) is 11.8 Å². The summed E-state index contributed by atoms with van der Waals surface area (Å²) in [5.74, 6) is -2.37. The lowest BCUT2D eigenvalue weighted by Gasteiger charge is -2.26. The molecule has 2 saturated heterocycles. The second-order valence-corrected chi connectivity index (χ2v) is 10.1. The number of nitrogens with one attached hydrogen (secondary N) is 2. The number of carbonyl (C=O) groups is 4. The van der Waals surface area contributed by atoms with Gasteiger partial charge in [0.15, 0.2) is 18.0 Å². The van der Waals surface area contributed by atoms with Crippen LogP contribution in [0.3, 0.4) is 0 Å². The van der Waals surface area contributed by atoms with Crippen LogP contribution in [-0.4, -0.2) is 91.2 Å². The van der Waals surface area contributed by atoms with Crippen molar-refractivity contribution >= 4 is 23.5 Å². The predicted octanol–water partition coefficient (Wildman–Crippen LogP) is -0.258. The van der Waals surface area contributed by atoms with Crippen LogP contribution >= 0.6 is 0 Å². The molecule has 0 bridgehead atoms. The number of amides is 3. The van der Waals surface area contributed by atoms with E-state index in [4.69, 9.17) is 15.2 Å². The molecule has 2 heterocycles. The Labute approximate surface area is 217 Å². The first-order valence-electron chi connectivity index (χ1n) is 12.8. The van der Waals surface area contributed by atoms with Crippen molar-refractivity contribution in [3.05, 3.63) is 29.8 Å². The highest BCUT2D eigenvalue weighted by atomic mass is 16.6. The fraction of sp³-hybridized carbons (Fsp3) is 0.615. The van der Waals surface area contributed by atoms with Crippen LogP contribution in [0.1, 0.15) is 32.3 Å². The number of phenolic OH excluding ortho intramolecular Hbond substituents is 1. The minimum absolute atomic E-state index is 0.0952. The Morgan fingerprint density at radius 2 is 1.73 bits per heavy atom. The number of hydrogen-bond donors (Lipinski definition) is 4. The van der Waals surface area contributed by atoms with Gasteiger partial charge in [0.25, 0.3) is 11.8 Å². The van der Waals surface area contributed by atoms with Gasteiger partial charge in [0.1, 0.15) is 5.75 Å². The lowest BCUT2D eigenvalue weighted by molar-refractivity contribution is -0.131. The minimum atomic E-state index is -0.949. The molecule has 37 heavy (non-hydrogen) atoms. The highest BCUT2D eigenvalue weighted by Crippen LogP contribution is 2.24. The van der Waals surface area contributed by atoms with Gasteiger partial charge in [-0.3, -0.25) is 24.1 Å². The van der Waals surface area contributed by atoms with Crippen LogP contribution < -0.4 is 16.4 Å². The largest absolute Gasteiger partial charge is 0.508 e. The van der Waals surface area contributed by atoms with Crippen molar-refractivity contribution in [3.63, 3.8) is 0 Å². The normalized spacial score (nSPS) is 21.2. The minimum Gasteiger partial charge on any atom is -0.508 e. The van der Waals surface area contributed by atoms with E-state index < -0.39 is 36.0 Å². The van der Waals surface area contributed by atoms with Crippen LogP contribution in [-0.2, 0) is 35.1 Å². The molecule has 3 amide bonds. The summed E-state index contributed by atoms with van der Waals surface area (Å²) < 4.78 is 10.6. The Hall–Kier alpha value is -3.02. The number of carbonyl (C=O) groups excluding carboxylic acids is 4. The summed E-state index contributed by atoms with van der Waals surface area (Å²) in [6.07, 6.45) is -1.35. The van der Waals surface area contributed by atoms with Crippen LogP contribution in [0.25, 0.3) is 0 Å². The quantitative estimate of drug-likeness (QED) is 0.245. The summed E-state index contributed by atoms with van der Waals surface area (Å²) in [4.78, 5) is 52.5. The molecule has 11 nitrogen and oxygen atoms in total. The first-order valence-corrected chi connectivity index (χ1v) is 12.8. The van der Waals surface area contributed by atoms with Gasteiger partial charge in [-0.2, -0.15) is 0 Å². The average Bonchev–Trinajstić information content (AvgIpc) is 3.66. The van der Waals surface area contributed by atoms with Crippen molar-refractivity contribution in [3.8, 4) is 5.75 Å². The van der Waals surface area contributed by atoms with E-state index in [1.807, 2.05) is 13.8 Å². The molecule has 4 atom stereocenters. The van der Waals surface area contributed by atoms with Crippen LogP contribution in [0.15, 0.2) is 24.3 Å². The molecule has 11 heteroatoms. The number of phenols is 1. The summed E-state index contributed by atoms with van der Waals surface area (Å²) >= 11 is 0. The zero-order valence-electron chi connectivity index (χ0n) is 21.5. The predicted molar refractivity (Wildman–Crippen MR) is 134 cm³/mol. The van der Waals surface area contributed by atoms with Crippen molar-refractivity contribution in [1.29, 1.82) is 0 Å². The van der Waals surface area contributed by atoms with Crippen LogP contribution in [0.5, 0.6) is 5.75 Å². The number of ketones is 1. The second kappa shape index (κ2) is 13.5. The Morgan fingerprint density at radius 3 is 2.35 bits per heavy atom. The molecule has 1 aromatic carbocycles. The molecule has 0 aromatic heterocycles. The number of rotatable bonds is 14. The summed E-state index contributed by atoms with van der Waals surface area (Å²) in [6, 6.07) is 5.51. The highest BCUT2D eigenvalue weighted by molar-refractivity contribution is 5.98. The van der Waals surface area contributed by atoms with Crippen molar-refractivity contribution in [2.24, 2.45) is 17.6 Å². The number of ether oxygens (including phenoxy) is 2. The molecular weight excluding hydrogens is 480 g/mol. The Balaban J connectivity index is 1.50. The van der Waals surface area contributed by atoms with Crippen molar-refractivity contribution < 1.29 is 33.8 Å². The zero-order valence-corrected chi connectivity index (χ0v) is 21.5. The number of nitrogens with zero attached hydrogens (tertiary/aromatic N) is 1. The van der Waals surface area contributed by atoms with Gasteiger partial charge in [0.05, 0.1) is 19.3 Å². The molecule has 3 rings (SSSR count).